The van der Waals surface area contributed by atoms with Gasteiger partial charge >= 0.3 is 0 Å². The fourth-order valence-corrected chi connectivity index (χ4v) is 6.42. The highest BCUT2D eigenvalue weighted by molar-refractivity contribution is 7.92. The highest BCUT2D eigenvalue weighted by atomic mass is 35.5. The van der Waals surface area contributed by atoms with Crippen LogP contribution in [0.3, 0.4) is 0 Å². The minimum absolute atomic E-state index is 0.0687. The molecule has 0 aliphatic rings. The zero-order chi connectivity index (χ0) is 32.8. The fraction of sp³-hybridized carbons (Fsp3) is 0.310. The van der Waals surface area contributed by atoms with Crippen LogP contribution in [0.4, 0.5) is 11.4 Å². The van der Waals surface area contributed by atoms with Crippen LogP contribution >= 0.6 is 34.8 Å². The zero-order valence-corrected chi connectivity index (χ0v) is 27.4. The average Bonchev–Trinajstić information content (AvgIpc) is 2.97. The van der Waals surface area contributed by atoms with Crippen molar-refractivity contribution in [2.24, 2.45) is 0 Å². The molecule has 1 atom stereocenters. The summed E-state index contributed by atoms with van der Waals surface area (Å²) in [5.74, 6) is -1.12. The van der Waals surface area contributed by atoms with Crippen molar-refractivity contribution in [2.45, 2.75) is 44.7 Å². The number of ether oxygens (including phenoxy) is 1. The summed E-state index contributed by atoms with van der Waals surface area (Å²) in [6, 6.07) is 11.4. The van der Waals surface area contributed by atoms with Crippen molar-refractivity contribution in [3.63, 3.8) is 0 Å². The number of hydrogen-bond acceptors (Lipinski definition) is 7. The van der Waals surface area contributed by atoms with Gasteiger partial charge in [0.25, 0.3) is 15.7 Å². The second-order valence-corrected chi connectivity index (χ2v) is 12.7. The normalized spacial score (nSPS) is 11.9. The monoisotopic (exact) mass is 684 g/mol. The van der Waals surface area contributed by atoms with Crippen molar-refractivity contribution in [1.29, 1.82) is 0 Å². The molecule has 0 aliphatic carbocycles. The van der Waals surface area contributed by atoms with Crippen LogP contribution in [0, 0.1) is 17.0 Å². The number of benzene rings is 3. The Balaban J connectivity index is 2.20. The quantitative estimate of drug-likeness (QED) is 0.172. The van der Waals surface area contributed by atoms with Crippen LogP contribution < -0.4 is 14.4 Å². The van der Waals surface area contributed by atoms with E-state index in [0.717, 1.165) is 10.4 Å². The molecule has 2 amide bonds. The van der Waals surface area contributed by atoms with E-state index >= 15 is 0 Å². The predicted octanol–water partition coefficient (Wildman–Crippen LogP) is 6.01. The number of halogens is 3. The number of aryl methyl sites for hydroxylation is 1. The number of methoxy groups -OCH3 is 1. The Morgan fingerprint density at radius 1 is 1.02 bits per heavy atom. The lowest BCUT2D eigenvalue weighted by atomic mass is 10.1. The molecule has 0 bridgehead atoms. The lowest BCUT2D eigenvalue weighted by molar-refractivity contribution is -0.385. The molecule has 0 spiro atoms. The van der Waals surface area contributed by atoms with E-state index in [1.807, 2.05) is 0 Å². The lowest BCUT2D eigenvalue weighted by Gasteiger charge is -2.33. The molecule has 15 heteroatoms. The van der Waals surface area contributed by atoms with Crippen LogP contribution in [0.25, 0.3) is 0 Å². The molecule has 3 aromatic rings. The van der Waals surface area contributed by atoms with E-state index in [4.69, 9.17) is 39.5 Å². The first kappa shape index (κ1) is 34.9. The maximum Gasteiger partial charge on any atom is 0.273 e. The molecule has 3 rings (SSSR count). The van der Waals surface area contributed by atoms with Gasteiger partial charge in [-0.3, -0.25) is 24.0 Å². The minimum atomic E-state index is -4.65. The van der Waals surface area contributed by atoms with E-state index in [9.17, 15) is 28.1 Å². The number of amides is 2. The number of nitro groups is 1. The fourth-order valence-electron chi connectivity index (χ4n) is 4.49. The van der Waals surface area contributed by atoms with Gasteiger partial charge in [-0.05, 0) is 62.2 Å². The van der Waals surface area contributed by atoms with E-state index in [0.29, 0.717) is 17.1 Å². The summed E-state index contributed by atoms with van der Waals surface area (Å²) in [5.41, 5.74) is 0.285. The number of rotatable bonds is 13. The van der Waals surface area contributed by atoms with Gasteiger partial charge in [0.1, 0.15) is 18.3 Å². The van der Waals surface area contributed by atoms with Crippen molar-refractivity contribution < 1.29 is 27.7 Å². The molecular weight excluding hydrogens is 655 g/mol. The van der Waals surface area contributed by atoms with Crippen LogP contribution in [0.1, 0.15) is 31.4 Å². The lowest BCUT2D eigenvalue weighted by Crippen LogP contribution is -2.52. The maximum atomic E-state index is 14.2. The number of anilines is 1. The summed E-state index contributed by atoms with van der Waals surface area (Å²) in [6.45, 7) is 4.31. The number of hydrogen-bond donors (Lipinski definition) is 1. The summed E-state index contributed by atoms with van der Waals surface area (Å²) in [5, 5.41) is 15.0. The standard InChI is InChI=1S/C29H31Cl3N4O7S/c1-5-24(29(38)33-6-2)34(16-19-8-11-22(31)23(32)13-19)28(37)17-35(26-14-20(30)9-12-27(26)43-4)44(41,42)21-10-7-18(3)25(15-21)36(39)40/h7-15,24H,5-6,16-17H2,1-4H3,(H,33,38)/t24-/m0/s1. The van der Waals surface area contributed by atoms with Crippen LogP contribution in [0.15, 0.2) is 59.5 Å². The molecule has 0 aliphatic heterocycles. The van der Waals surface area contributed by atoms with Gasteiger partial charge in [-0.15, -0.1) is 0 Å². The van der Waals surface area contributed by atoms with E-state index < -0.39 is 49.9 Å². The minimum Gasteiger partial charge on any atom is -0.495 e. The third-order valence-corrected chi connectivity index (χ3v) is 9.46. The predicted molar refractivity (Wildman–Crippen MR) is 170 cm³/mol. The second-order valence-electron chi connectivity index (χ2n) is 9.62. The molecule has 1 N–H and O–H groups in total. The molecular formula is C29H31Cl3N4O7S. The summed E-state index contributed by atoms with van der Waals surface area (Å²) >= 11 is 18.5. The summed E-state index contributed by atoms with van der Waals surface area (Å²) in [6.07, 6.45) is 0.205. The molecule has 3 aromatic carbocycles. The first-order valence-electron chi connectivity index (χ1n) is 13.4. The first-order chi connectivity index (χ1) is 20.7. The number of nitrogens with zero attached hydrogens (tertiary/aromatic N) is 3. The van der Waals surface area contributed by atoms with Crippen LogP contribution in [0.2, 0.25) is 15.1 Å². The van der Waals surface area contributed by atoms with Gasteiger partial charge in [0.05, 0.1) is 32.7 Å². The Bertz CT molecular complexity index is 1670. The summed E-state index contributed by atoms with van der Waals surface area (Å²) in [4.78, 5) is 39.0. The van der Waals surface area contributed by atoms with E-state index in [2.05, 4.69) is 5.32 Å². The SMILES string of the molecule is CCNC(=O)[C@H](CC)N(Cc1ccc(Cl)c(Cl)c1)C(=O)CN(c1cc(Cl)ccc1OC)S(=O)(=O)c1ccc(C)c([N+](=O)[O-])c1. The number of sulfonamides is 1. The summed E-state index contributed by atoms with van der Waals surface area (Å²) in [7, 11) is -3.33. The number of carbonyl (C=O) groups excluding carboxylic acids is 2. The zero-order valence-electron chi connectivity index (χ0n) is 24.3. The summed E-state index contributed by atoms with van der Waals surface area (Å²) < 4.78 is 34.6. The van der Waals surface area contributed by atoms with Gasteiger partial charge in [0, 0.05) is 29.7 Å². The van der Waals surface area contributed by atoms with Gasteiger partial charge in [0.2, 0.25) is 11.8 Å². The Morgan fingerprint density at radius 3 is 2.32 bits per heavy atom. The van der Waals surface area contributed by atoms with Gasteiger partial charge in [-0.25, -0.2) is 8.42 Å². The average molecular weight is 686 g/mol. The molecule has 0 aromatic heterocycles. The molecule has 11 nitrogen and oxygen atoms in total. The van der Waals surface area contributed by atoms with Gasteiger partial charge in [0.15, 0.2) is 0 Å². The highest BCUT2D eigenvalue weighted by Crippen LogP contribution is 2.36. The smallest absolute Gasteiger partial charge is 0.273 e. The number of nitrogens with one attached hydrogen (secondary N) is 1. The van der Waals surface area contributed by atoms with E-state index in [1.54, 1.807) is 32.0 Å². The van der Waals surface area contributed by atoms with E-state index in [-0.39, 0.29) is 40.0 Å². The van der Waals surface area contributed by atoms with Crippen molar-refractivity contribution in [3.05, 3.63) is 90.9 Å². The van der Waals surface area contributed by atoms with Crippen molar-refractivity contribution >= 4 is 68.0 Å². The third kappa shape index (κ3) is 7.92. The largest absolute Gasteiger partial charge is 0.495 e. The molecule has 44 heavy (non-hydrogen) atoms. The molecule has 0 fully saturated rings. The third-order valence-electron chi connectivity index (χ3n) is 6.73. The van der Waals surface area contributed by atoms with Crippen molar-refractivity contribution in [2.75, 3.05) is 24.5 Å². The van der Waals surface area contributed by atoms with Gasteiger partial charge in [-0.1, -0.05) is 53.9 Å². The number of likely N-dealkylation sites (N-methyl/N-ethyl adjacent to an activating group) is 1. The molecule has 236 valence electrons. The van der Waals surface area contributed by atoms with Gasteiger partial charge in [-0.2, -0.15) is 0 Å². The number of nitro benzene ring substituents is 1. The topological polar surface area (TPSA) is 139 Å². The van der Waals surface area contributed by atoms with Gasteiger partial charge < -0.3 is 15.0 Å². The Kier molecular flexibility index (Phi) is 11.8. The Labute approximate surface area is 270 Å². The highest BCUT2D eigenvalue weighted by Gasteiger charge is 2.35. The molecule has 0 saturated carbocycles. The van der Waals surface area contributed by atoms with Crippen molar-refractivity contribution in [1.82, 2.24) is 10.2 Å². The Hall–Kier alpha value is -3.58. The first-order valence-corrected chi connectivity index (χ1v) is 15.9. The van der Waals surface area contributed by atoms with E-state index in [1.165, 1.54) is 49.3 Å². The number of carbonyl (C=O) groups is 2. The molecule has 0 heterocycles. The molecule has 0 saturated heterocycles. The van der Waals surface area contributed by atoms with Crippen LogP contribution in [-0.4, -0.2) is 56.3 Å². The molecule has 0 radical (unpaired) electrons. The molecule has 0 unspecified atom stereocenters. The second kappa shape index (κ2) is 14.9. The van der Waals surface area contributed by atoms with Crippen LogP contribution in [-0.2, 0) is 26.2 Å². The van der Waals surface area contributed by atoms with Crippen LogP contribution in [0.5, 0.6) is 5.75 Å². The van der Waals surface area contributed by atoms with Crippen molar-refractivity contribution in [3.8, 4) is 5.75 Å². The Morgan fingerprint density at radius 2 is 1.73 bits per heavy atom. The maximum absolute atomic E-state index is 14.2.